The molecule has 1 heterocycles. The van der Waals surface area contributed by atoms with Crippen LogP contribution in [0.15, 0.2) is 6.20 Å². The molecule has 1 aromatic rings. The van der Waals surface area contributed by atoms with E-state index in [1.165, 1.54) is 24.8 Å². The molecule has 1 aliphatic carbocycles. The van der Waals surface area contributed by atoms with Gasteiger partial charge in [-0.05, 0) is 25.7 Å². The molecule has 1 unspecified atom stereocenters. The molecule has 0 radical (unpaired) electrons. The Morgan fingerprint density at radius 3 is 2.86 bits per heavy atom. The van der Waals surface area contributed by atoms with Crippen molar-refractivity contribution in [1.82, 2.24) is 9.78 Å². The maximum absolute atomic E-state index is 6.13. The van der Waals surface area contributed by atoms with Crippen molar-refractivity contribution in [2.24, 2.45) is 18.7 Å². The van der Waals surface area contributed by atoms with Crippen molar-refractivity contribution in [1.29, 1.82) is 0 Å². The number of rotatable bonds is 4. The summed E-state index contributed by atoms with van der Waals surface area (Å²) < 4.78 is 1.85. The zero-order valence-corrected chi connectivity index (χ0v) is 9.03. The lowest BCUT2D eigenvalue weighted by molar-refractivity contribution is 0.573. The molecule has 0 amide bonds. The van der Waals surface area contributed by atoms with Crippen LogP contribution in [0.3, 0.4) is 0 Å². The lowest BCUT2D eigenvalue weighted by atomic mass is 10.0. The van der Waals surface area contributed by atoms with Crippen LogP contribution in [0.5, 0.6) is 0 Å². The third-order valence-electron chi connectivity index (χ3n) is 3.03. The molecule has 1 aliphatic rings. The molecule has 14 heavy (non-hydrogen) atoms. The van der Waals surface area contributed by atoms with Gasteiger partial charge in [0.1, 0.15) is 0 Å². The monoisotopic (exact) mass is 193 g/mol. The number of nitrogens with two attached hydrogens (primary N) is 1. The molecule has 2 N–H and O–H groups in total. The topological polar surface area (TPSA) is 43.8 Å². The molecule has 78 valence electrons. The van der Waals surface area contributed by atoms with E-state index in [4.69, 9.17) is 5.73 Å². The Morgan fingerprint density at radius 1 is 1.64 bits per heavy atom. The van der Waals surface area contributed by atoms with Gasteiger partial charge in [0.05, 0.1) is 5.69 Å². The number of hydrogen-bond donors (Lipinski definition) is 1. The smallest absolute Gasteiger partial charge is 0.0641 e. The second-order valence-electron chi connectivity index (χ2n) is 4.47. The summed E-state index contributed by atoms with van der Waals surface area (Å²) in [5, 5.41) is 4.31. The van der Waals surface area contributed by atoms with E-state index in [1.54, 1.807) is 0 Å². The van der Waals surface area contributed by atoms with Crippen molar-refractivity contribution < 1.29 is 0 Å². The van der Waals surface area contributed by atoms with Crippen molar-refractivity contribution in [3.63, 3.8) is 0 Å². The maximum Gasteiger partial charge on any atom is 0.0641 e. The first-order valence-electron chi connectivity index (χ1n) is 5.42. The van der Waals surface area contributed by atoms with Crippen molar-refractivity contribution in [3.8, 4) is 0 Å². The van der Waals surface area contributed by atoms with E-state index in [2.05, 4.69) is 5.10 Å². The highest BCUT2D eigenvalue weighted by Crippen LogP contribution is 2.35. The van der Waals surface area contributed by atoms with Gasteiger partial charge in [0.15, 0.2) is 0 Å². The molecule has 1 aromatic heterocycles. The van der Waals surface area contributed by atoms with E-state index in [-0.39, 0.29) is 6.04 Å². The molecule has 1 fully saturated rings. The third kappa shape index (κ3) is 2.15. The van der Waals surface area contributed by atoms with Crippen LogP contribution in [0.1, 0.15) is 43.0 Å². The van der Waals surface area contributed by atoms with Crippen LogP contribution in [0, 0.1) is 12.8 Å². The highest BCUT2D eigenvalue weighted by Gasteiger charge is 2.22. The Hall–Kier alpha value is -0.830. The lowest BCUT2D eigenvalue weighted by Crippen LogP contribution is -2.10. The largest absolute Gasteiger partial charge is 0.324 e. The van der Waals surface area contributed by atoms with Crippen LogP contribution in [0.4, 0.5) is 0 Å². The van der Waals surface area contributed by atoms with Crippen LogP contribution < -0.4 is 5.73 Å². The van der Waals surface area contributed by atoms with Crippen LogP contribution in [0.2, 0.25) is 0 Å². The predicted octanol–water partition coefficient (Wildman–Crippen LogP) is 1.92. The van der Waals surface area contributed by atoms with Gasteiger partial charge in [0.2, 0.25) is 0 Å². The van der Waals surface area contributed by atoms with Gasteiger partial charge in [0, 0.05) is 24.8 Å². The zero-order valence-electron chi connectivity index (χ0n) is 9.03. The van der Waals surface area contributed by atoms with Gasteiger partial charge in [-0.2, -0.15) is 5.10 Å². The minimum Gasteiger partial charge on any atom is -0.324 e. The van der Waals surface area contributed by atoms with E-state index in [0.29, 0.717) is 0 Å². The summed E-state index contributed by atoms with van der Waals surface area (Å²) in [5.41, 5.74) is 8.43. The summed E-state index contributed by atoms with van der Waals surface area (Å²) in [4.78, 5) is 0. The number of hydrogen-bond acceptors (Lipinski definition) is 2. The summed E-state index contributed by atoms with van der Waals surface area (Å²) >= 11 is 0. The molecule has 2 rings (SSSR count). The molecule has 3 heteroatoms. The molecule has 0 saturated heterocycles. The Labute approximate surface area is 85.3 Å². The highest BCUT2D eigenvalue weighted by atomic mass is 15.2. The molecule has 0 spiro atoms. The lowest BCUT2D eigenvalue weighted by Gasteiger charge is -2.09. The number of aromatic nitrogens is 2. The van der Waals surface area contributed by atoms with E-state index in [9.17, 15) is 0 Å². The van der Waals surface area contributed by atoms with E-state index >= 15 is 0 Å². The third-order valence-corrected chi connectivity index (χ3v) is 3.03. The molecule has 0 bridgehead atoms. The Kier molecular flexibility index (Phi) is 2.59. The van der Waals surface area contributed by atoms with Gasteiger partial charge in [0.25, 0.3) is 0 Å². The number of nitrogens with zero attached hydrogens (tertiary/aromatic N) is 2. The van der Waals surface area contributed by atoms with E-state index in [1.807, 2.05) is 24.9 Å². The molecular weight excluding hydrogens is 174 g/mol. The average molecular weight is 193 g/mol. The van der Waals surface area contributed by atoms with Crippen molar-refractivity contribution in [2.45, 2.75) is 38.6 Å². The summed E-state index contributed by atoms with van der Waals surface area (Å²) in [6.45, 7) is 2.03. The second kappa shape index (κ2) is 3.73. The van der Waals surface area contributed by atoms with Crippen molar-refractivity contribution >= 4 is 0 Å². The van der Waals surface area contributed by atoms with Gasteiger partial charge in [-0.1, -0.05) is 12.8 Å². The molecule has 0 aliphatic heterocycles. The Balaban J connectivity index is 1.94. The molecule has 1 saturated carbocycles. The van der Waals surface area contributed by atoms with E-state index < -0.39 is 0 Å². The predicted molar refractivity (Wildman–Crippen MR) is 56.8 cm³/mol. The normalized spacial score (nSPS) is 18.5. The first-order chi connectivity index (χ1) is 6.66. The molecule has 0 aromatic carbocycles. The van der Waals surface area contributed by atoms with Crippen molar-refractivity contribution in [3.05, 3.63) is 17.5 Å². The van der Waals surface area contributed by atoms with Crippen LogP contribution in [-0.4, -0.2) is 9.78 Å². The summed E-state index contributed by atoms with van der Waals surface area (Å²) in [6, 6.07) is 0.185. The first-order valence-corrected chi connectivity index (χ1v) is 5.42. The number of aryl methyl sites for hydroxylation is 2. The van der Waals surface area contributed by atoms with Crippen molar-refractivity contribution in [2.75, 3.05) is 0 Å². The molecule has 3 nitrogen and oxygen atoms in total. The van der Waals surface area contributed by atoms with Gasteiger partial charge in [-0.3, -0.25) is 4.68 Å². The Morgan fingerprint density at radius 2 is 2.36 bits per heavy atom. The molecular formula is C11H19N3. The average Bonchev–Trinajstić information content (AvgIpc) is 2.88. The second-order valence-corrected chi connectivity index (χ2v) is 4.47. The van der Waals surface area contributed by atoms with E-state index in [0.717, 1.165) is 18.0 Å². The standard InChI is InChI=1S/C11H19N3/c1-8-10(7-14(2)13-8)11(12)6-5-9-3-4-9/h7,9,11H,3-6,12H2,1-2H3. The SMILES string of the molecule is Cc1nn(C)cc1C(N)CCC1CC1. The van der Waals surface area contributed by atoms with Crippen LogP contribution in [0.25, 0.3) is 0 Å². The minimum atomic E-state index is 0.185. The fourth-order valence-corrected chi connectivity index (χ4v) is 1.96. The van der Waals surface area contributed by atoms with Crippen LogP contribution >= 0.6 is 0 Å². The fraction of sp³-hybridized carbons (Fsp3) is 0.727. The zero-order chi connectivity index (χ0) is 10.1. The molecule has 1 atom stereocenters. The quantitative estimate of drug-likeness (QED) is 0.794. The van der Waals surface area contributed by atoms with Gasteiger partial charge < -0.3 is 5.73 Å². The summed E-state index contributed by atoms with van der Waals surface area (Å²) in [7, 11) is 1.95. The minimum absolute atomic E-state index is 0.185. The summed E-state index contributed by atoms with van der Waals surface area (Å²) in [5.74, 6) is 0.970. The van der Waals surface area contributed by atoms with Gasteiger partial charge >= 0.3 is 0 Å². The fourth-order valence-electron chi connectivity index (χ4n) is 1.96. The van der Waals surface area contributed by atoms with Gasteiger partial charge in [-0.15, -0.1) is 0 Å². The van der Waals surface area contributed by atoms with Crippen LogP contribution in [-0.2, 0) is 7.05 Å². The first kappa shape index (κ1) is 9.71. The maximum atomic E-state index is 6.13. The van der Waals surface area contributed by atoms with Gasteiger partial charge in [-0.25, -0.2) is 0 Å². The summed E-state index contributed by atoms with van der Waals surface area (Å²) in [6.07, 6.45) is 7.27. The highest BCUT2D eigenvalue weighted by molar-refractivity contribution is 5.19. The Bertz CT molecular complexity index is 312.